The van der Waals surface area contributed by atoms with Crippen molar-refractivity contribution in [1.29, 1.82) is 0 Å². The summed E-state index contributed by atoms with van der Waals surface area (Å²) in [6, 6.07) is 2.97. The standard InChI is InChI=1S/C9H11NO5.ClH/c1-10(9(12)13)8(11)7-4-3-6(15-7)5-14-2;/h3-4H,5H2,1-2H3,(H,12,13);1H. The van der Waals surface area contributed by atoms with E-state index in [0.29, 0.717) is 10.7 Å². The van der Waals surface area contributed by atoms with E-state index < -0.39 is 12.0 Å². The largest absolute Gasteiger partial charge is 0.465 e. The lowest BCUT2D eigenvalue weighted by Crippen LogP contribution is -2.31. The molecule has 0 fully saturated rings. The summed E-state index contributed by atoms with van der Waals surface area (Å²) in [5, 5.41) is 8.56. The molecular weight excluding hydrogens is 238 g/mol. The first kappa shape index (κ1) is 14.5. The smallest absolute Gasteiger partial charge is 0.414 e. The molecule has 7 heteroatoms. The summed E-state index contributed by atoms with van der Waals surface area (Å²) in [7, 11) is 2.65. The van der Waals surface area contributed by atoms with Crippen LogP contribution in [0.5, 0.6) is 0 Å². The van der Waals surface area contributed by atoms with Crippen molar-refractivity contribution in [3.8, 4) is 0 Å². The van der Waals surface area contributed by atoms with Crippen molar-refractivity contribution in [3.05, 3.63) is 23.7 Å². The Morgan fingerprint density at radius 1 is 1.50 bits per heavy atom. The Morgan fingerprint density at radius 3 is 2.62 bits per heavy atom. The molecule has 1 aromatic rings. The van der Waals surface area contributed by atoms with Crippen molar-refractivity contribution in [2.45, 2.75) is 6.61 Å². The summed E-state index contributed by atoms with van der Waals surface area (Å²) in [6.45, 7) is 0.240. The molecule has 0 atom stereocenters. The Morgan fingerprint density at radius 2 is 2.12 bits per heavy atom. The molecule has 1 N–H and O–H groups in total. The summed E-state index contributed by atoms with van der Waals surface area (Å²) >= 11 is 0. The third-order valence-corrected chi connectivity index (χ3v) is 1.75. The van der Waals surface area contributed by atoms with Crippen LogP contribution in [0, 0.1) is 0 Å². The average Bonchev–Trinajstić information content (AvgIpc) is 2.64. The highest BCUT2D eigenvalue weighted by atomic mass is 35.5. The van der Waals surface area contributed by atoms with Crippen LogP contribution in [0.25, 0.3) is 0 Å². The highest BCUT2D eigenvalue weighted by Crippen LogP contribution is 2.10. The lowest BCUT2D eigenvalue weighted by Gasteiger charge is -2.07. The number of hydrogen-bond donors (Lipinski definition) is 1. The number of furan rings is 1. The Hall–Kier alpha value is -1.53. The molecule has 0 aliphatic carbocycles. The number of hydrogen-bond acceptors (Lipinski definition) is 4. The third kappa shape index (κ3) is 3.25. The van der Waals surface area contributed by atoms with Crippen molar-refractivity contribution in [1.82, 2.24) is 4.90 Å². The number of ether oxygens (including phenoxy) is 1. The van der Waals surface area contributed by atoms with Gasteiger partial charge < -0.3 is 14.3 Å². The van der Waals surface area contributed by atoms with Crippen LogP contribution in [0.1, 0.15) is 16.3 Å². The minimum absolute atomic E-state index is 0. The normalized spacial score (nSPS) is 9.38. The Kier molecular flexibility index (Phi) is 5.55. The number of imide groups is 1. The van der Waals surface area contributed by atoms with Gasteiger partial charge in [0, 0.05) is 14.2 Å². The molecule has 90 valence electrons. The van der Waals surface area contributed by atoms with Crippen molar-refractivity contribution >= 4 is 24.4 Å². The Balaban J connectivity index is 0.00000225. The molecule has 0 aliphatic rings. The fraction of sp³-hybridized carbons (Fsp3) is 0.333. The van der Waals surface area contributed by atoms with Crippen LogP contribution < -0.4 is 0 Å². The van der Waals surface area contributed by atoms with Gasteiger partial charge in [-0.15, -0.1) is 12.4 Å². The zero-order chi connectivity index (χ0) is 11.4. The Labute approximate surface area is 98.2 Å². The topological polar surface area (TPSA) is 80.0 Å². The van der Waals surface area contributed by atoms with E-state index in [1.807, 2.05) is 0 Å². The number of carbonyl (C=O) groups is 2. The van der Waals surface area contributed by atoms with Gasteiger partial charge in [-0.25, -0.2) is 9.69 Å². The number of carbonyl (C=O) groups excluding carboxylic acids is 1. The molecule has 6 nitrogen and oxygen atoms in total. The van der Waals surface area contributed by atoms with E-state index in [1.54, 1.807) is 6.07 Å². The van der Waals surface area contributed by atoms with Gasteiger partial charge in [-0.1, -0.05) is 0 Å². The highest BCUT2D eigenvalue weighted by molar-refractivity contribution is 6.00. The number of rotatable bonds is 3. The van der Waals surface area contributed by atoms with Gasteiger partial charge in [0.05, 0.1) is 0 Å². The summed E-state index contributed by atoms with van der Waals surface area (Å²) in [6.07, 6.45) is -1.33. The number of methoxy groups -OCH3 is 1. The minimum Gasteiger partial charge on any atom is -0.465 e. The van der Waals surface area contributed by atoms with Gasteiger partial charge in [-0.3, -0.25) is 4.79 Å². The quantitative estimate of drug-likeness (QED) is 0.880. The zero-order valence-corrected chi connectivity index (χ0v) is 9.61. The fourth-order valence-electron chi connectivity index (χ4n) is 0.965. The van der Waals surface area contributed by atoms with E-state index in [9.17, 15) is 9.59 Å². The van der Waals surface area contributed by atoms with E-state index in [1.165, 1.54) is 13.2 Å². The van der Waals surface area contributed by atoms with Crippen molar-refractivity contribution in [2.75, 3.05) is 14.2 Å². The molecule has 0 aromatic carbocycles. The SMILES string of the molecule is COCc1ccc(C(=O)N(C)C(=O)O)o1.Cl. The van der Waals surface area contributed by atoms with Gasteiger partial charge >= 0.3 is 6.09 Å². The Bertz CT molecular complexity index is 376. The molecule has 0 saturated carbocycles. The fourth-order valence-corrected chi connectivity index (χ4v) is 0.965. The van der Waals surface area contributed by atoms with E-state index in [2.05, 4.69) is 0 Å². The van der Waals surface area contributed by atoms with Gasteiger partial charge in [0.1, 0.15) is 12.4 Å². The maximum absolute atomic E-state index is 11.4. The number of carboxylic acid groups (broad SMARTS) is 1. The van der Waals surface area contributed by atoms with Gasteiger partial charge in [-0.2, -0.15) is 0 Å². The van der Waals surface area contributed by atoms with E-state index >= 15 is 0 Å². The summed E-state index contributed by atoms with van der Waals surface area (Å²) in [4.78, 5) is 22.5. The molecule has 0 radical (unpaired) electrons. The van der Waals surface area contributed by atoms with Crippen molar-refractivity contribution < 1.29 is 23.8 Å². The second kappa shape index (κ2) is 6.14. The molecule has 0 spiro atoms. The van der Waals surface area contributed by atoms with Gasteiger partial charge in [0.15, 0.2) is 5.76 Å². The highest BCUT2D eigenvalue weighted by Gasteiger charge is 2.20. The first-order valence-electron chi connectivity index (χ1n) is 4.15. The van der Waals surface area contributed by atoms with Crippen LogP contribution in [0.15, 0.2) is 16.5 Å². The maximum Gasteiger partial charge on any atom is 0.414 e. The number of halogens is 1. The van der Waals surface area contributed by atoms with E-state index in [4.69, 9.17) is 14.3 Å². The third-order valence-electron chi connectivity index (χ3n) is 1.75. The molecule has 1 heterocycles. The van der Waals surface area contributed by atoms with Crippen LogP contribution in [-0.4, -0.2) is 36.2 Å². The molecule has 0 aliphatic heterocycles. The minimum atomic E-state index is -1.33. The average molecular weight is 250 g/mol. The molecule has 0 unspecified atom stereocenters. The van der Waals surface area contributed by atoms with E-state index in [0.717, 1.165) is 7.05 Å². The van der Waals surface area contributed by atoms with Crippen LogP contribution in [0.2, 0.25) is 0 Å². The van der Waals surface area contributed by atoms with Gasteiger partial charge in [0.25, 0.3) is 5.91 Å². The van der Waals surface area contributed by atoms with Crippen molar-refractivity contribution in [3.63, 3.8) is 0 Å². The van der Waals surface area contributed by atoms with Gasteiger partial charge in [-0.05, 0) is 12.1 Å². The van der Waals surface area contributed by atoms with Crippen LogP contribution in [0.4, 0.5) is 4.79 Å². The summed E-state index contributed by atoms with van der Waals surface area (Å²) < 4.78 is 9.87. The van der Waals surface area contributed by atoms with Crippen molar-refractivity contribution in [2.24, 2.45) is 0 Å². The molecular formula is C9H12ClNO5. The molecule has 2 amide bonds. The predicted molar refractivity (Wildman–Crippen MR) is 56.8 cm³/mol. The maximum atomic E-state index is 11.4. The molecule has 1 rings (SSSR count). The number of amides is 2. The molecule has 0 bridgehead atoms. The second-order valence-corrected chi connectivity index (χ2v) is 2.85. The summed E-state index contributed by atoms with van der Waals surface area (Å²) in [5.74, 6) is -0.253. The zero-order valence-electron chi connectivity index (χ0n) is 8.80. The van der Waals surface area contributed by atoms with E-state index in [-0.39, 0.29) is 24.8 Å². The molecule has 1 aromatic heterocycles. The van der Waals surface area contributed by atoms with Crippen LogP contribution in [-0.2, 0) is 11.3 Å². The second-order valence-electron chi connectivity index (χ2n) is 2.85. The molecule has 16 heavy (non-hydrogen) atoms. The van der Waals surface area contributed by atoms with Gasteiger partial charge in [0.2, 0.25) is 0 Å². The van der Waals surface area contributed by atoms with Crippen LogP contribution in [0.3, 0.4) is 0 Å². The van der Waals surface area contributed by atoms with Crippen LogP contribution >= 0.6 is 12.4 Å². The monoisotopic (exact) mass is 249 g/mol. The first-order chi connectivity index (χ1) is 7.06. The lowest BCUT2D eigenvalue weighted by molar-refractivity contribution is 0.0744. The lowest BCUT2D eigenvalue weighted by atomic mass is 10.4. The first-order valence-corrected chi connectivity index (χ1v) is 4.15. The molecule has 0 saturated heterocycles. The predicted octanol–water partition coefficient (Wildman–Crippen LogP) is 1.60. The number of nitrogens with zero attached hydrogens (tertiary/aromatic N) is 1. The summed E-state index contributed by atoms with van der Waals surface area (Å²) in [5.41, 5.74) is 0.